The van der Waals surface area contributed by atoms with E-state index in [1.807, 2.05) is 31.2 Å². The number of aryl methyl sites for hydroxylation is 3. The number of hydrogen-bond donors (Lipinski definition) is 2. The number of nitrogens with one attached hydrogen (secondary N) is 2. The van der Waals surface area contributed by atoms with Crippen LogP contribution in [0.15, 0.2) is 54.6 Å². The maximum absolute atomic E-state index is 4.52. The van der Waals surface area contributed by atoms with Gasteiger partial charge >= 0.3 is 0 Å². The number of nitrogens with zero attached hydrogens (tertiary/aromatic N) is 2. The molecule has 0 radical (unpaired) electrons. The van der Waals surface area contributed by atoms with Gasteiger partial charge in [0.25, 0.3) is 0 Å². The van der Waals surface area contributed by atoms with E-state index in [1.165, 1.54) is 16.7 Å². The molecule has 1 unspecified atom stereocenters. The first-order chi connectivity index (χ1) is 12.0. The minimum atomic E-state index is 0.171. The molecule has 25 heavy (non-hydrogen) atoms. The minimum Gasteiger partial charge on any atom is -0.363 e. The van der Waals surface area contributed by atoms with E-state index in [4.69, 9.17) is 0 Å². The van der Waals surface area contributed by atoms with Gasteiger partial charge in [-0.05, 0) is 44.9 Å². The molecule has 4 heteroatoms. The van der Waals surface area contributed by atoms with Crippen LogP contribution in [0.3, 0.4) is 0 Å². The summed E-state index contributed by atoms with van der Waals surface area (Å²) in [6.07, 6.45) is 0. The summed E-state index contributed by atoms with van der Waals surface area (Å²) < 4.78 is 0. The van der Waals surface area contributed by atoms with Crippen molar-refractivity contribution >= 4 is 17.3 Å². The second kappa shape index (κ2) is 7.34. The lowest BCUT2D eigenvalue weighted by molar-refractivity contribution is 0.867. The van der Waals surface area contributed by atoms with E-state index >= 15 is 0 Å². The first-order valence-corrected chi connectivity index (χ1v) is 8.53. The Bertz CT molecular complexity index is 859. The van der Waals surface area contributed by atoms with Gasteiger partial charge in [-0.15, -0.1) is 0 Å². The molecule has 0 amide bonds. The molecular formula is C21H24N4. The van der Waals surface area contributed by atoms with Crippen LogP contribution < -0.4 is 10.6 Å². The number of rotatable bonds is 5. The molecule has 1 aromatic heterocycles. The zero-order chi connectivity index (χ0) is 17.8. The molecule has 0 bridgehead atoms. The molecule has 1 heterocycles. The monoisotopic (exact) mass is 332 g/mol. The number of hydrogen-bond acceptors (Lipinski definition) is 4. The predicted molar refractivity (Wildman–Crippen MR) is 104 cm³/mol. The third-order valence-corrected chi connectivity index (χ3v) is 4.15. The quantitative estimate of drug-likeness (QED) is 0.664. The van der Waals surface area contributed by atoms with Crippen molar-refractivity contribution in [3.8, 4) is 0 Å². The summed E-state index contributed by atoms with van der Waals surface area (Å²) in [5.74, 6) is 2.34. The molecule has 0 aliphatic heterocycles. The highest BCUT2D eigenvalue weighted by Gasteiger charge is 2.08. The summed E-state index contributed by atoms with van der Waals surface area (Å²) in [5, 5.41) is 6.86. The first-order valence-electron chi connectivity index (χ1n) is 8.53. The molecule has 0 fully saturated rings. The van der Waals surface area contributed by atoms with E-state index < -0.39 is 0 Å². The standard InChI is InChI=1S/C21H24N4/c1-14-10-11-19(15(2)12-14)25-21-13-20(23-17(4)24-21)22-16(3)18-8-6-5-7-9-18/h5-13,16H,1-4H3,(H2,22,23,24,25). The summed E-state index contributed by atoms with van der Waals surface area (Å²) in [7, 11) is 0. The summed E-state index contributed by atoms with van der Waals surface area (Å²) >= 11 is 0. The molecule has 2 aromatic carbocycles. The number of aromatic nitrogens is 2. The summed E-state index contributed by atoms with van der Waals surface area (Å²) in [6, 6.07) is 18.8. The highest BCUT2D eigenvalue weighted by molar-refractivity contribution is 5.63. The normalized spacial score (nSPS) is 11.8. The molecule has 0 saturated carbocycles. The topological polar surface area (TPSA) is 49.8 Å². The third kappa shape index (κ3) is 4.35. The van der Waals surface area contributed by atoms with Gasteiger partial charge in [0.2, 0.25) is 0 Å². The lowest BCUT2D eigenvalue weighted by Crippen LogP contribution is -2.09. The smallest absolute Gasteiger partial charge is 0.136 e. The Kier molecular flexibility index (Phi) is 4.98. The Morgan fingerprint density at radius 1 is 0.840 bits per heavy atom. The van der Waals surface area contributed by atoms with Gasteiger partial charge in [0.1, 0.15) is 17.5 Å². The SMILES string of the molecule is Cc1ccc(Nc2cc(NC(C)c3ccccc3)nc(C)n2)c(C)c1. The van der Waals surface area contributed by atoms with Crippen molar-refractivity contribution in [2.75, 3.05) is 10.6 Å². The van der Waals surface area contributed by atoms with Crippen molar-refractivity contribution in [2.24, 2.45) is 0 Å². The van der Waals surface area contributed by atoms with Crippen LogP contribution in [0.5, 0.6) is 0 Å². The summed E-state index contributed by atoms with van der Waals surface area (Å²) in [6.45, 7) is 8.23. The van der Waals surface area contributed by atoms with Crippen molar-refractivity contribution in [3.63, 3.8) is 0 Å². The van der Waals surface area contributed by atoms with Crippen LogP contribution in [0.4, 0.5) is 17.3 Å². The second-order valence-corrected chi connectivity index (χ2v) is 6.41. The van der Waals surface area contributed by atoms with E-state index in [0.717, 1.165) is 23.1 Å². The molecule has 3 rings (SSSR count). The van der Waals surface area contributed by atoms with Gasteiger partial charge in [0.15, 0.2) is 0 Å². The van der Waals surface area contributed by atoms with E-state index in [2.05, 4.69) is 71.7 Å². The van der Waals surface area contributed by atoms with Gasteiger partial charge in [-0.3, -0.25) is 0 Å². The van der Waals surface area contributed by atoms with Crippen molar-refractivity contribution in [2.45, 2.75) is 33.7 Å². The highest BCUT2D eigenvalue weighted by Crippen LogP contribution is 2.23. The Balaban J connectivity index is 1.80. The third-order valence-electron chi connectivity index (χ3n) is 4.15. The Morgan fingerprint density at radius 3 is 2.28 bits per heavy atom. The van der Waals surface area contributed by atoms with Crippen molar-refractivity contribution in [1.29, 1.82) is 0 Å². The highest BCUT2D eigenvalue weighted by atomic mass is 15.1. The molecule has 1 atom stereocenters. The van der Waals surface area contributed by atoms with Crippen LogP contribution in [0.2, 0.25) is 0 Å². The van der Waals surface area contributed by atoms with Crippen LogP contribution in [-0.2, 0) is 0 Å². The van der Waals surface area contributed by atoms with Crippen LogP contribution in [-0.4, -0.2) is 9.97 Å². The number of anilines is 3. The van der Waals surface area contributed by atoms with Crippen molar-refractivity contribution < 1.29 is 0 Å². The van der Waals surface area contributed by atoms with Gasteiger partial charge in [-0.25, -0.2) is 9.97 Å². The molecule has 0 aliphatic rings. The lowest BCUT2D eigenvalue weighted by Gasteiger charge is -2.16. The van der Waals surface area contributed by atoms with Gasteiger partial charge in [-0.2, -0.15) is 0 Å². The predicted octanol–water partition coefficient (Wildman–Crippen LogP) is 5.32. The van der Waals surface area contributed by atoms with E-state index in [0.29, 0.717) is 0 Å². The molecule has 2 N–H and O–H groups in total. The van der Waals surface area contributed by atoms with E-state index in [-0.39, 0.29) is 6.04 Å². The van der Waals surface area contributed by atoms with Crippen molar-refractivity contribution in [1.82, 2.24) is 9.97 Å². The maximum Gasteiger partial charge on any atom is 0.136 e. The van der Waals surface area contributed by atoms with Crippen LogP contribution in [0.1, 0.15) is 35.5 Å². The average Bonchev–Trinajstić information content (AvgIpc) is 2.58. The fourth-order valence-electron chi connectivity index (χ4n) is 2.84. The molecule has 0 spiro atoms. The minimum absolute atomic E-state index is 0.171. The maximum atomic E-state index is 4.52. The van der Waals surface area contributed by atoms with Crippen LogP contribution in [0.25, 0.3) is 0 Å². The lowest BCUT2D eigenvalue weighted by atomic mass is 10.1. The molecule has 0 saturated heterocycles. The largest absolute Gasteiger partial charge is 0.363 e. The molecule has 3 aromatic rings. The Labute approximate surface area is 149 Å². The summed E-state index contributed by atoms with van der Waals surface area (Å²) in [4.78, 5) is 9.03. The van der Waals surface area contributed by atoms with Crippen LogP contribution in [0, 0.1) is 20.8 Å². The number of benzene rings is 2. The second-order valence-electron chi connectivity index (χ2n) is 6.41. The Hall–Kier alpha value is -2.88. The Morgan fingerprint density at radius 2 is 1.56 bits per heavy atom. The van der Waals surface area contributed by atoms with Crippen LogP contribution >= 0.6 is 0 Å². The van der Waals surface area contributed by atoms with Gasteiger partial charge < -0.3 is 10.6 Å². The average molecular weight is 332 g/mol. The molecular weight excluding hydrogens is 308 g/mol. The van der Waals surface area contributed by atoms with E-state index in [1.54, 1.807) is 0 Å². The fourth-order valence-corrected chi connectivity index (χ4v) is 2.84. The molecule has 4 nitrogen and oxygen atoms in total. The zero-order valence-corrected chi connectivity index (χ0v) is 15.2. The van der Waals surface area contributed by atoms with Gasteiger partial charge in [0.05, 0.1) is 0 Å². The summed E-state index contributed by atoms with van der Waals surface area (Å²) in [5.41, 5.74) is 4.73. The van der Waals surface area contributed by atoms with Gasteiger partial charge in [0, 0.05) is 17.8 Å². The zero-order valence-electron chi connectivity index (χ0n) is 15.2. The molecule has 0 aliphatic carbocycles. The molecule has 128 valence electrons. The van der Waals surface area contributed by atoms with E-state index in [9.17, 15) is 0 Å². The van der Waals surface area contributed by atoms with Gasteiger partial charge in [-0.1, -0.05) is 48.0 Å². The van der Waals surface area contributed by atoms with Crippen molar-refractivity contribution in [3.05, 3.63) is 77.1 Å². The first kappa shape index (κ1) is 17.0. The fraction of sp³-hybridized carbons (Fsp3) is 0.238.